The minimum atomic E-state index is -0.301. The number of halogens is 3. The van der Waals surface area contributed by atoms with E-state index in [4.69, 9.17) is 0 Å². The largest absolute Gasteiger partial charge is 0.396 e. The van der Waals surface area contributed by atoms with Gasteiger partial charge in [-0.1, -0.05) is 44.0 Å². The van der Waals surface area contributed by atoms with E-state index >= 15 is 0 Å². The Morgan fingerprint density at radius 1 is 1.17 bits per heavy atom. The van der Waals surface area contributed by atoms with Gasteiger partial charge in [0.15, 0.2) is 0 Å². The molecule has 2 aromatic rings. The van der Waals surface area contributed by atoms with Crippen LogP contribution in [0.15, 0.2) is 51.4 Å². The van der Waals surface area contributed by atoms with Gasteiger partial charge in [-0.15, -0.1) is 0 Å². The molecule has 3 nitrogen and oxygen atoms in total. The summed E-state index contributed by atoms with van der Waals surface area (Å²) in [5.74, 6) is -0.466. The number of aliphatic hydroxyl groups excluding tert-OH is 1. The molecule has 0 fully saturated rings. The Hall–Kier alpha value is -1.24. The van der Waals surface area contributed by atoms with Gasteiger partial charge in [0, 0.05) is 40.6 Å². The topological polar surface area (TPSA) is 40.5 Å². The van der Waals surface area contributed by atoms with Gasteiger partial charge in [0.2, 0.25) is 0 Å². The fraction of sp³-hybridized carbons (Fsp3) is 0.278. The van der Waals surface area contributed by atoms with Crippen LogP contribution in [0.3, 0.4) is 0 Å². The molecular weight excluding hydrogens is 441 g/mol. The third-order valence-electron chi connectivity index (χ3n) is 3.77. The molecule has 0 heterocycles. The van der Waals surface area contributed by atoms with Gasteiger partial charge in [0.25, 0.3) is 5.91 Å². The predicted octanol–water partition coefficient (Wildman–Crippen LogP) is 4.59. The second-order valence-corrected chi connectivity index (χ2v) is 7.44. The Bertz CT molecular complexity index is 686. The van der Waals surface area contributed by atoms with E-state index in [9.17, 15) is 14.3 Å². The van der Waals surface area contributed by atoms with Crippen LogP contribution in [0.1, 0.15) is 28.3 Å². The number of hydrogen-bond donors (Lipinski definition) is 1. The van der Waals surface area contributed by atoms with Crippen molar-refractivity contribution in [1.29, 1.82) is 0 Å². The second-order valence-electron chi connectivity index (χ2n) is 5.60. The molecule has 1 amide bonds. The average Bonchev–Trinajstić information content (AvgIpc) is 2.53. The van der Waals surface area contributed by atoms with E-state index in [1.807, 2.05) is 6.07 Å². The first kappa shape index (κ1) is 19.1. The number of nitrogens with zero attached hydrogens (tertiary/aromatic N) is 1. The van der Waals surface area contributed by atoms with Gasteiger partial charge in [-0.2, -0.15) is 0 Å². The molecule has 0 bridgehead atoms. The van der Waals surface area contributed by atoms with Crippen LogP contribution < -0.4 is 0 Å². The highest BCUT2D eigenvalue weighted by Gasteiger charge is 2.19. The molecule has 0 radical (unpaired) electrons. The minimum absolute atomic E-state index is 0.00646. The number of amides is 1. The third kappa shape index (κ3) is 5.13. The summed E-state index contributed by atoms with van der Waals surface area (Å²) in [7, 11) is 1.73. The van der Waals surface area contributed by atoms with Crippen molar-refractivity contribution in [3.05, 3.63) is 68.4 Å². The van der Waals surface area contributed by atoms with Gasteiger partial charge in [-0.3, -0.25) is 4.79 Å². The van der Waals surface area contributed by atoms with Crippen LogP contribution in [0.5, 0.6) is 0 Å². The first-order valence-electron chi connectivity index (χ1n) is 7.48. The van der Waals surface area contributed by atoms with Gasteiger partial charge in [0.05, 0.1) is 0 Å². The maximum Gasteiger partial charge on any atom is 0.253 e. The number of hydrogen-bond acceptors (Lipinski definition) is 2. The maximum absolute atomic E-state index is 13.1. The Balaban J connectivity index is 2.16. The smallest absolute Gasteiger partial charge is 0.253 e. The van der Waals surface area contributed by atoms with Crippen molar-refractivity contribution in [3.8, 4) is 0 Å². The van der Waals surface area contributed by atoms with E-state index in [0.29, 0.717) is 18.5 Å². The number of rotatable bonds is 6. The molecule has 0 saturated heterocycles. The Labute approximate surface area is 157 Å². The summed E-state index contributed by atoms with van der Waals surface area (Å²) < 4.78 is 14.7. The summed E-state index contributed by atoms with van der Waals surface area (Å²) >= 11 is 6.76. The van der Waals surface area contributed by atoms with Crippen molar-refractivity contribution < 1.29 is 14.3 Å². The summed E-state index contributed by atoms with van der Waals surface area (Å²) in [4.78, 5) is 14.3. The average molecular weight is 459 g/mol. The molecule has 1 N–H and O–H groups in total. The van der Waals surface area contributed by atoms with Crippen LogP contribution in [0, 0.1) is 5.82 Å². The van der Waals surface area contributed by atoms with Crippen LogP contribution in [0.4, 0.5) is 4.39 Å². The van der Waals surface area contributed by atoms with Crippen LogP contribution in [0.2, 0.25) is 0 Å². The van der Waals surface area contributed by atoms with Gasteiger partial charge in [0.1, 0.15) is 5.82 Å². The van der Waals surface area contributed by atoms with Crippen molar-refractivity contribution in [2.45, 2.75) is 12.3 Å². The normalized spacial score (nSPS) is 12.0. The lowest BCUT2D eigenvalue weighted by atomic mass is 9.95. The molecule has 2 aromatic carbocycles. The van der Waals surface area contributed by atoms with Gasteiger partial charge >= 0.3 is 0 Å². The SMILES string of the molecule is CN(CC(CCO)c1ccc(F)cc1)C(=O)c1cc(Br)cc(Br)c1. The minimum Gasteiger partial charge on any atom is -0.396 e. The Morgan fingerprint density at radius 3 is 2.29 bits per heavy atom. The number of likely N-dealkylation sites (N-methyl/N-ethyl adjacent to an activating group) is 1. The molecule has 2 rings (SSSR count). The predicted molar refractivity (Wildman–Crippen MR) is 99.6 cm³/mol. The summed E-state index contributed by atoms with van der Waals surface area (Å²) in [6.07, 6.45) is 0.505. The van der Waals surface area contributed by atoms with Crippen molar-refractivity contribution in [2.75, 3.05) is 20.2 Å². The quantitative estimate of drug-likeness (QED) is 0.687. The molecule has 0 saturated carbocycles. The number of benzene rings is 2. The lowest BCUT2D eigenvalue weighted by Crippen LogP contribution is -2.31. The zero-order valence-corrected chi connectivity index (χ0v) is 16.3. The summed E-state index contributed by atoms with van der Waals surface area (Å²) in [6.45, 7) is 0.446. The first-order chi connectivity index (χ1) is 11.4. The highest BCUT2D eigenvalue weighted by molar-refractivity contribution is 9.11. The molecular formula is C18H18Br2FNO2. The number of carbonyl (C=O) groups is 1. The molecule has 0 spiro atoms. The standard InChI is InChI=1S/C18H18Br2FNO2/c1-22(18(24)14-8-15(19)10-16(20)9-14)11-13(6-7-23)12-2-4-17(21)5-3-12/h2-5,8-10,13,23H,6-7,11H2,1H3. The molecule has 24 heavy (non-hydrogen) atoms. The highest BCUT2D eigenvalue weighted by atomic mass is 79.9. The summed E-state index contributed by atoms with van der Waals surface area (Å²) in [5.41, 5.74) is 1.47. The highest BCUT2D eigenvalue weighted by Crippen LogP contribution is 2.24. The molecule has 1 unspecified atom stereocenters. The van der Waals surface area contributed by atoms with Crippen LogP contribution in [-0.4, -0.2) is 36.1 Å². The molecule has 0 aromatic heterocycles. The second kappa shape index (κ2) is 8.74. The third-order valence-corrected chi connectivity index (χ3v) is 4.69. The first-order valence-corrected chi connectivity index (χ1v) is 9.07. The van der Waals surface area contributed by atoms with Gasteiger partial charge < -0.3 is 10.0 Å². The molecule has 1 atom stereocenters. The van der Waals surface area contributed by atoms with Crippen molar-refractivity contribution in [3.63, 3.8) is 0 Å². The van der Waals surface area contributed by atoms with E-state index in [2.05, 4.69) is 31.9 Å². The van der Waals surface area contributed by atoms with Crippen LogP contribution in [0.25, 0.3) is 0 Å². The number of carbonyl (C=O) groups excluding carboxylic acids is 1. The van der Waals surface area contributed by atoms with Gasteiger partial charge in [-0.05, 0) is 42.3 Å². The van der Waals surface area contributed by atoms with E-state index in [1.165, 1.54) is 12.1 Å². The monoisotopic (exact) mass is 457 g/mol. The van der Waals surface area contributed by atoms with E-state index < -0.39 is 0 Å². The summed E-state index contributed by atoms with van der Waals surface area (Å²) in [6, 6.07) is 11.6. The molecule has 128 valence electrons. The number of aliphatic hydroxyl groups is 1. The fourth-order valence-electron chi connectivity index (χ4n) is 2.57. The van der Waals surface area contributed by atoms with Crippen molar-refractivity contribution in [2.24, 2.45) is 0 Å². The van der Waals surface area contributed by atoms with Crippen LogP contribution >= 0.6 is 31.9 Å². The zero-order valence-electron chi connectivity index (χ0n) is 13.2. The molecule has 6 heteroatoms. The summed E-state index contributed by atoms with van der Waals surface area (Å²) in [5, 5.41) is 9.30. The maximum atomic E-state index is 13.1. The van der Waals surface area contributed by atoms with E-state index in [1.54, 1.807) is 36.2 Å². The van der Waals surface area contributed by atoms with Crippen molar-refractivity contribution in [1.82, 2.24) is 4.90 Å². The fourth-order valence-corrected chi connectivity index (χ4v) is 3.86. The van der Waals surface area contributed by atoms with E-state index in [-0.39, 0.29) is 24.2 Å². The Morgan fingerprint density at radius 2 is 1.75 bits per heavy atom. The van der Waals surface area contributed by atoms with E-state index in [0.717, 1.165) is 14.5 Å². The van der Waals surface area contributed by atoms with Crippen LogP contribution in [-0.2, 0) is 0 Å². The van der Waals surface area contributed by atoms with Crippen molar-refractivity contribution >= 4 is 37.8 Å². The molecule has 0 aliphatic rings. The van der Waals surface area contributed by atoms with Gasteiger partial charge in [-0.25, -0.2) is 4.39 Å². The Kier molecular flexibility index (Phi) is 6.95. The molecule has 0 aliphatic heterocycles. The lowest BCUT2D eigenvalue weighted by Gasteiger charge is -2.24. The molecule has 0 aliphatic carbocycles. The zero-order chi connectivity index (χ0) is 17.7. The lowest BCUT2D eigenvalue weighted by molar-refractivity contribution is 0.0781.